The number of phenols is 1. The zero-order valence-electron chi connectivity index (χ0n) is 12.3. The Morgan fingerprint density at radius 3 is 2.67 bits per heavy atom. The monoisotopic (exact) mass is 355 g/mol. The molecule has 2 rings (SSSR count). The Morgan fingerprint density at radius 1 is 1.29 bits per heavy atom. The summed E-state index contributed by atoms with van der Waals surface area (Å²) in [6.45, 7) is 5.23. The van der Waals surface area contributed by atoms with Crippen LogP contribution in [0.5, 0.6) is 5.75 Å². The van der Waals surface area contributed by atoms with Crippen LogP contribution in [0.25, 0.3) is 0 Å². The molecule has 1 heterocycles. The van der Waals surface area contributed by atoms with Crippen LogP contribution in [0.2, 0.25) is 0 Å². The van der Waals surface area contributed by atoms with Crippen LogP contribution in [-0.2, 0) is 6.54 Å². The van der Waals surface area contributed by atoms with E-state index in [0.717, 1.165) is 42.8 Å². The van der Waals surface area contributed by atoms with Gasteiger partial charge >= 0.3 is 0 Å². The number of aliphatic hydroxyl groups is 1. The molecule has 1 aliphatic heterocycles. The Bertz CT molecular complexity index is 500. The summed E-state index contributed by atoms with van der Waals surface area (Å²) in [4.78, 5) is 8.74. The van der Waals surface area contributed by atoms with Crippen molar-refractivity contribution in [3.8, 4) is 5.75 Å². The van der Waals surface area contributed by atoms with Gasteiger partial charge < -0.3 is 15.1 Å². The number of hydrogen-bond donors (Lipinski definition) is 2. The molecule has 5 nitrogen and oxygen atoms in total. The first-order valence-electron chi connectivity index (χ1n) is 7.13. The van der Waals surface area contributed by atoms with Crippen molar-refractivity contribution in [3.63, 3.8) is 0 Å². The minimum atomic E-state index is 0.0133. The largest absolute Gasteiger partial charge is 0.507 e. The van der Waals surface area contributed by atoms with E-state index in [9.17, 15) is 5.11 Å². The number of aromatic hydroxyl groups is 1. The Labute approximate surface area is 134 Å². The van der Waals surface area contributed by atoms with E-state index in [4.69, 9.17) is 5.11 Å². The standard InChI is InChI=1S/C15H22BrN3O2/c1-18-3-5-19(6-4-18)11-13-9-14(16)8-12(15(13)21)10-17-2-7-20/h8-10,20-21H,2-7,11H2,1H3. The molecule has 6 heteroatoms. The molecule has 0 aliphatic carbocycles. The molecular formula is C15H22BrN3O2. The molecular weight excluding hydrogens is 334 g/mol. The van der Waals surface area contributed by atoms with Gasteiger partial charge in [0.15, 0.2) is 0 Å². The lowest BCUT2D eigenvalue weighted by atomic mass is 10.1. The summed E-state index contributed by atoms with van der Waals surface area (Å²) in [7, 11) is 2.13. The normalized spacial score (nSPS) is 17.7. The van der Waals surface area contributed by atoms with Crippen LogP contribution in [0.15, 0.2) is 21.6 Å². The maximum atomic E-state index is 10.4. The van der Waals surface area contributed by atoms with Gasteiger partial charge in [0.2, 0.25) is 0 Å². The van der Waals surface area contributed by atoms with Crippen LogP contribution < -0.4 is 0 Å². The molecule has 0 spiro atoms. The summed E-state index contributed by atoms with van der Waals surface area (Å²) in [6, 6.07) is 3.79. The molecule has 0 atom stereocenters. The number of benzene rings is 1. The smallest absolute Gasteiger partial charge is 0.128 e. The lowest BCUT2D eigenvalue weighted by molar-refractivity contribution is 0.147. The number of piperazine rings is 1. The van der Waals surface area contributed by atoms with E-state index in [1.54, 1.807) is 6.21 Å². The van der Waals surface area contributed by atoms with E-state index in [-0.39, 0.29) is 12.4 Å². The van der Waals surface area contributed by atoms with Crippen molar-refractivity contribution in [2.24, 2.45) is 4.99 Å². The third kappa shape index (κ3) is 4.78. The van der Waals surface area contributed by atoms with Gasteiger partial charge in [-0.25, -0.2) is 0 Å². The highest BCUT2D eigenvalue weighted by Crippen LogP contribution is 2.27. The first-order valence-corrected chi connectivity index (χ1v) is 7.92. The van der Waals surface area contributed by atoms with Gasteiger partial charge in [-0.2, -0.15) is 0 Å². The maximum Gasteiger partial charge on any atom is 0.128 e. The molecule has 0 bridgehead atoms. The van der Waals surface area contributed by atoms with Gasteiger partial charge in [0.25, 0.3) is 0 Å². The fourth-order valence-corrected chi connectivity index (χ4v) is 2.89. The molecule has 1 aliphatic rings. The van der Waals surface area contributed by atoms with Gasteiger partial charge in [-0.15, -0.1) is 0 Å². The summed E-state index contributed by atoms with van der Waals surface area (Å²) < 4.78 is 0.926. The molecule has 0 saturated carbocycles. The van der Waals surface area contributed by atoms with E-state index in [0.29, 0.717) is 12.1 Å². The number of likely N-dealkylation sites (N-methyl/N-ethyl adjacent to an activating group) is 1. The summed E-state index contributed by atoms with van der Waals surface area (Å²) in [5.74, 6) is 0.277. The summed E-state index contributed by atoms with van der Waals surface area (Å²) in [6.07, 6.45) is 1.61. The Hall–Kier alpha value is -0.950. The number of halogens is 1. The molecule has 2 N–H and O–H groups in total. The third-order valence-electron chi connectivity index (χ3n) is 3.63. The lowest BCUT2D eigenvalue weighted by Gasteiger charge is -2.32. The van der Waals surface area contributed by atoms with Crippen molar-refractivity contribution >= 4 is 22.1 Å². The molecule has 0 amide bonds. The van der Waals surface area contributed by atoms with Crippen molar-refractivity contribution in [1.82, 2.24) is 9.80 Å². The van der Waals surface area contributed by atoms with E-state index < -0.39 is 0 Å². The van der Waals surface area contributed by atoms with Crippen molar-refractivity contribution in [2.45, 2.75) is 6.54 Å². The maximum absolute atomic E-state index is 10.4. The fraction of sp³-hybridized carbons (Fsp3) is 0.533. The van der Waals surface area contributed by atoms with E-state index in [2.05, 4.69) is 37.8 Å². The van der Waals surface area contributed by atoms with E-state index in [1.807, 2.05) is 12.1 Å². The number of phenolic OH excluding ortho intramolecular Hbond substituents is 1. The van der Waals surface area contributed by atoms with Crippen molar-refractivity contribution in [1.29, 1.82) is 0 Å². The number of hydrogen-bond acceptors (Lipinski definition) is 5. The predicted octanol–water partition coefficient (Wildman–Crippen LogP) is 1.31. The third-order valence-corrected chi connectivity index (χ3v) is 4.09. The van der Waals surface area contributed by atoms with Crippen LogP contribution in [0.3, 0.4) is 0 Å². The van der Waals surface area contributed by atoms with E-state index in [1.165, 1.54) is 0 Å². The van der Waals surface area contributed by atoms with Crippen LogP contribution in [0.4, 0.5) is 0 Å². The topological polar surface area (TPSA) is 59.3 Å². The van der Waals surface area contributed by atoms with Gasteiger partial charge in [0.05, 0.1) is 13.2 Å². The van der Waals surface area contributed by atoms with Crippen LogP contribution in [-0.4, -0.2) is 72.6 Å². The van der Waals surface area contributed by atoms with Gasteiger partial charge in [0, 0.05) is 54.5 Å². The predicted molar refractivity (Wildman–Crippen MR) is 88.1 cm³/mol. The number of nitrogens with zero attached hydrogens (tertiary/aromatic N) is 3. The molecule has 0 radical (unpaired) electrons. The summed E-state index contributed by atoms with van der Waals surface area (Å²) >= 11 is 3.48. The first kappa shape index (κ1) is 16.4. The van der Waals surface area contributed by atoms with Crippen LogP contribution in [0.1, 0.15) is 11.1 Å². The Morgan fingerprint density at radius 2 is 2.00 bits per heavy atom. The highest BCUT2D eigenvalue weighted by atomic mass is 79.9. The SMILES string of the molecule is CN1CCN(Cc2cc(Br)cc(C=NCCO)c2O)CC1. The fourth-order valence-electron chi connectivity index (χ4n) is 2.37. The highest BCUT2D eigenvalue weighted by Gasteiger charge is 2.16. The second-order valence-corrected chi connectivity index (χ2v) is 6.26. The number of aliphatic imine (C=N–C) groups is 1. The molecule has 116 valence electrons. The average Bonchev–Trinajstić information content (AvgIpc) is 2.46. The van der Waals surface area contributed by atoms with Crippen molar-refractivity contribution in [2.75, 3.05) is 46.4 Å². The molecule has 1 fully saturated rings. The average molecular weight is 356 g/mol. The molecule has 21 heavy (non-hydrogen) atoms. The van der Waals surface area contributed by atoms with E-state index >= 15 is 0 Å². The minimum absolute atomic E-state index is 0.0133. The first-order chi connectivity index (χ1) is 10.1. The summed E-state index contributed by atoms with van der Waals surface area (Å²) in [5, 5.41) is 19.1. The van der Waals surface area contributed by atoms with Gasteiger partial charge in [0.1, 0.15) is 5.75 Å². The second-order valence-electron chi connectivity index (χ2n) is 5.34. The molecule has 0 unspecified atom stereocenters. The Kier molecular flexibility index (Phi) is 6.17. The van der Waals surface area contributed by atoms with Crippen molar-refractivity contribution in [3.05, 3.63) is 27.7 Å². The molecule has 1 aromatic rings. The minimum Gasteiger partial charge on any atom is -0.507 e. The molecule has 0 aromatic heterocycles. The Balaban J connectivity index is 2.11. The molecule has 1 aromatic carbocycles. The molecule has 1 saturated heterocycles. The van der Waals surface area contributed by atoms with Gasteiger partial charge in [-0.3, -0.25) is 9.89 Å². The zero-order valence-corrected chi connectivity index (χ0v) is 13.9. The lowest BCUT2D eigenvalue weighted by Crippen LogP contribution is -2.43. The number of aliphatic hydroxyl groups excluding tert-OH is 1. The second kappa shape index (κ2) is 7.89. The quantitative estimate of drug-likeness (QED) is 0.782. The highest BCUT2D eigenvalue weighted by molar-refractivity contribution is 9.10. The van der Waals surface area contributed by atoms with Gasteiger partial charge in [-0.05, 0) is 19.2 Å². The number of rotatable bonds is 5. The van der Waals surface area contributed by atoms with Crippen LogP contribution >= 0.6 is 15.9 Å². The summed E-state index contributed by atoms with van der Waals surface area (Å²) in [5.41, 5.74) is 1.58. The van der Waals surface area contributed by atoms with Crippen LogP contribution in [0, 0.1) is 0 Å². The zero-order chi connectivity index (χ0) is 15.2. The van der Waals surface area contributed by atoms with Crippen molar-refractivity contribution < 1.29 is 10.2 Å². The van der Waals surface area contributed by atoms with Gasteiger partial charge in [-0.1, -0.05) is 15.9 Å².